The Morgan fingerprint density at radius 1 is 1.13 bits per heavy atom. The first-order valence-corrected chi connectivity index (χ1v) is 4.21. The van der Waals surface area contributed by atoms with Crippen molar-refractivity contribution in [3.8, 4) is 11.5 Å². The lowest BCUT2D eigenvalue weighted by atomic mass is 10.1. The predicted octanol–water partition coefficient (Wildman–Crippen LogP) is 2.50. The first kappa shape index (κ1) is 11.4. The number of benzene rings is 1. The summed E-state index contributed by atoms with van der Waals surface area (Å²) in [6.45, 7) is -0.694. The zero-order valence-electron chi connectivity index (χ0n) is 8.13. The van der Waals surface area contributed by atoms with Crippen molar-refractivity contribution in [2.24, 2.45) is 0 Å². The third-order valence-corrected chi connectivity index (χ3v) is 1.73. The van der Waals surface area contributed by atoms with Crippen LogP contribution in [0.15, 0.2) is 18.2 Å². The molecule has 82 valence electrons. The maximum Gasteiger partial charge on any atom is 0.228 e. The zero-order valence-corrected chi connectivity index (χ0v) is 8.13. The molecule has 0 heterocycles. The number of carbonyl (C=O) groups excluding carboxylic acids is 1. The molecule has 0 radical (unpaired) electrons. The van der Waals surface area contributed by atoms with Crippen LogP contribution in [0, 0.1) is 0 Å². The van der Waals surface area contributed by atoms with Crippen LogP contribution in [0.5, 0.6) is 11.5 Å². The molecule has 0 aromatic heterocycles. The molecule has 15 heavy (non-hydrogen) atoms. The van der Waals surface area contributed by atoms with Crippen molar-refractivity contribution in [3.63, 3.8) is 0 Å². The number of Topliss-reactive ketones (excluding diaryl/α,β-unsaturated/α-hetero) is 1. The Balaban J connectivity index is 3.02. The van der Waals surface area contributed by atoms with Crippen LogP contribution in [0.1, 0.15) is 17.3 Å². The summed E-state index contributed by atoms with van der Waals surface area (Å²) in [5, 5.41) is 0. The van der Waals surface area contributed by atoms with E-state index < -0.39 is 13.7 Å². The summed E-state index contributed by atoms with van der Waals surface area (Å²) in [6.07, 6.45) is 0. The van der Waals surface area contributed by atoms with Gasteiger partial charge in [0.1, 0.15) is 11.5 Å². The zero-order chi connectivity index (χ0) is 11.3. The fourth-order valence-electron chi connectivity index (χ4n) is 1.07. The van der Waals surface area contributed by atoms with E-state index in [1.54, 1.807) is 0 Å². The summed E-state index contributed by atoms with van der Waals surface area (Å²) in [5.41, 5.74) is 0.282. The fraction of sp³-hybridized carbons (Fsp3) is 0.300. The molecular formula is C10H10F2O3. The first-order chi connectivity index (χ1) is 7.17. The van der Waals surface area contributed by atoms with E-state index in [0.29, 0.717) is 0 Å². The molecule has 0 amide bonds. The quantitative estimate of drug-likeness (QED) is 0.709. The molecule has 0 saturated carbocycles. The molecule has 0 aliphatic rings. The third-order valence-electron chi connectivity index (χ3n) is 1.73. The SMILES string of the molecule is CC(=O)c1cc(OCF)cc(OCF)c1. The summed E-state index contributed by atoms with van der Waals surface area (Å²) in [4.78, 5) is 11.1. The van der Waals surface area contributed by atoms with E-state index >= 15 is 0 Å². The molecule has 0 N–H and O–H groups in total. The Labute approximate surface area is 85.6 Å². The monoisotopic (exact) mass is 216 g/mol. The highest BCUT2D eigenvalue weighted by molar-refractivity contribution is 5.94. The van der Waals surface area contributed by atoms with Gasteiger partial charge in [0.2, 0.25) is 13.7 Å². The molecule has 0 bridgehead atoms. The second-order valence-corrected chi connectivity index (χ2v) is 2.76. The van der Waals surface area contributed by atoms with E-state index in [4.69, 9.17) is 0 Å². The maximum absolute atomic E-state index is 11.9. The molecule has 1 aromatic carbocycles. The summed E-state index contributed by atoms with van der Waals surface area (Å²) in [5.74, 6) is 0.0327. The van der Waals surface area contributed by atoms with Crippen molar-refractivity contribution in [1.82, 2.24) is 0 Å². The molecule has 1 rings (SSSR count). The Morgan fingerprint density at radius 3 is 1.93 bits per heavy atom. The smallest absolute Gasteiger partial charge is 0.228 e. The second-order valence-electron chi connectivity index (χ2n) is 2.76. The fourth-order valence-corrected chi connectivity index (χ4v) is 1.07. The number of alkyl halides is 2. The van der Waals surface area contributed by atoms with Crippen LogP contribution >= 0.6 is 0 Å². The minimum Gasteiger partial charge on any atom is -0.463 e. The number of carbonyl (C=O) groups is 1. The summed E-state index contributed by atoms with van der Waals surface area (Å²) in [7, 11) is 0. The Kier molecular flexibility index (Phi) is 4.03. The normalized spacial score (nSPS) is 9.80. The number of ketones is 1. The molecule has 0 aliphatic heterocycles. The van der Waals surface area contributed by atoms with Gasteiger partial charge in [-0.3, -0.25) is 4.79 Å². The van der Waals surface area contributed by atoms with Crippen LogP contribution in [0.25, 0.3) is 0 Å². The first-order valence-electron chi connectivity index (χ1n) is 4.21. The van der Waals surface area contributed by atoms with Gasteiger partial charge in [0.05, 0.1) is 0 Å². The predicted molar refractivity (Wildman–Crippen MR) is 49.7 cm³/mol. The number of hydrogen-bond acceptors (Lipinski definition) is 3. The highest BCUT2D eigenvalue weighted by Crippen LogP contribution is 2.23. The molecule has 0 aliphatic carbocycles. The standard InChI is InChI=1S/C10H10F2O3/c1-7(13)8-2-9(14-5-11)4-10(3-8)15-6-12/h2-4H,5-6H2,1H3. The van der Waals surface area contributed by atoms with E-state index in [2.05, 4.69) is 9.47 Å². The Bertz CT molecular complexity index is 328. The van der Waals surface area contributed by atoms with Crippen molar-refractivity contribution in [3.05, 3.63) is 23.8 Å². The van der Waals surface area contributed by atoms with E-state index in [0.717, 1.165) is 0 Å². The molecule has 0 fully saturated rings. The van der Waals surface area contributed by atoms with Gasteiger partial charge in [-0.1, -0.05) is 0 Å². The molecule has 1 aromatic rings. The Hall–Kier alpha value is -1.65. The summed E-state index contributed by atoms with van der Waals surface area (Å²) < 4.78 is 32.9. The van der Waals surface area contributed by atoms with Crippen LogP contribution in [-0.2, 0) is 0 Å². The third kappa shape index (κ3) is 3.19. The second kappa shape index (κ2) is 5.29. The van der Waals surface area contributed by atoms with E-state index in [-0.39, 0.29) is 22.8 Å². The van der Waals surface area contributed by atoms with E-state index in [9.17, 15) is 13.6 Å². The molecule has 3 nitrogen and oxygen atoms in total. The van der Waals surface area contributed by atoms with Gasteiger partial charge in [-0.05, 0) is 19.1 Å². The summed E-state index contributed by atoms with van der Waals surface area (Å²) in [6, 6.07) is 4.05. The van der Waals surface area contributed by atoms with Gasteiger partial charge in [0.15, 0.2) is 5.78 Å². The van der Waals surface area contributed by atoms with Crippen LogP contribution < -0.4 is 9.47 Å². The molecule has 0 atom stereocenters. The van der Waals surface area contributed by atoms with Crippen LogP contribution in [-0.4, -0.2) is 19.5 Å². The van der Waals surface area contributed by atoms with Crippen LogP contribution in [0.2, 0.25) is 0 Å². The molecule has 5 heteroatoms. The van der Waals surface area contributed by atoms with Crippen molar-refractivity contribution >= 4 is 5.78 Å². The number of ether oxygens (including phenoxy) is 2. The van der Waals surface area contributed by atoms with Crippen LogP contribution in [0.3, 0.4) is 0 Å². The van der Waals surface area contributed by atoms with Gasteiger partial charge in [-0.2, -0.15) is 0 Å². The molecular weight excluding hydrogens is 206 g/mol. The van der Waals surface area contributed by atoms with Gasteiger partial charge in [-0.25, -0.2) is 8.78 Å². The summed E-state index contributed by atoms with van der Waals surface area (Å²) >= 11 is 0. The lowest BCUT2D eigenvalue weighted by Gasteiger charge is -2.07. The maximum atomic E-state index is 11.9. The Morgan fingerprint density at radius 2 is 1.60 bits per heavy atom. The van der Waals surface area contributed by atoms with E-state index in [1.807, 2.05) is 0 Å². The highest BCUT2D eigenvalue weighted by atomic mass is 19.1. The molecule has 0 spiro atoms. The number of halogens is 2. The van der Waals surface area contributed by atoms with Crippen LogP contribution in [0.4, 0.5) is 8.78 Å². The van der Waals surface area contributed by atoms with Gasteiger partial charge in [0, 0.05) is 11.6 Å². The van der Waals surface area contributed by atoms with Crippen molar-refractivity contribution in [2.45, 2.75) is 6.92 Å². The topological polar surface area (TPSA) is 35.5 Å². The lowest BCUT2D eigenvalue weighted by molar-refractivity contribution is 0.101. The molecule has 0 saturated heterocycles. The minimum atomic E-state index is -1.02. The minimum absolute atomic E-state index is 0.133. The van der Waals surface area contributed by atoms with Gasteiger partial charge in [-0.15, -0.1) is 0 Å². The van der Waals surface area contributed by atoms with Gasteiger partial charge >= 0.3 is 0 Å². The lowest BCUT2D eigenvalue weighted by Crippen LogP contribution is -1.98. The van der Waals surface area contributed by atoms with Crippen molar-refractivity contribution < 1.29 is 23.0 Å². The average molecular weight is 216 g/mol. The highest BCUT2D eigenvalue weighted by Gasteiger charge is 2.06. The van der Waals surface area contributed by atoms with Gasteiger partial charge in [0.25, 0.3) is 0 Å². The number of hydrogen-bond donors (Lipinski definition) is 0. The van der Waals surface area contributed by atoms with E-state index in [1.165, 1.54) is 25.1 Å². The number of rotatable bonds is 5. The van der Waals surface area contributed by atoms with Crippen molar-refractivity contribution in [2.75, 3.05) is 13.7 Å². The molecule has 0 unspecified atom stereocenters. The van der Waals surface area contributed by atoms with Crippen molar-refractivity contribution in [1.29, 1.82) is 0 Å². The largest absolute Gasteiger partial charge is 0.463 e. The van der Waals surface area contributed by atoms with Gasteiger partial charge < -0.3 is 9.47 Å². The average Bonchev–Trinajstić information content (AvgIpc) is 2.18.